The number of halogens is 1. The van der Waals surface area contributed by atoms with E-state index in [2.05, 4.69) is 10.1 Å². The summed E-state index contributed by atoms with van der Waals surface area (Å²) in [4.78, 5) is 79.6. The van der Waals surface area contributed by atoms with E-state index in [0.29, 0.717) is 42.0 Å². The number of methoxy groups -OCH3 is 1. The van der Waals surface area contributed by atoms with E-state index < -0.39 is 30.0 Å². The maximum absolute atomic E-state index is 12.6. The van der Waals surface area contributed by atoms with Gasteiger partial charge in [-0.05, 0) is 103 Å². The van der Waals surface area contributed by atoms with Gasteiger partial charge < -0.3 is 47.1 Å². The van der Waals surface area contributed by atoms with Crippen LogP contribution in [0.1, 0.15) is 144 Å². The Morgan fingerprint density at radius 2 is 1.15 bits per heavy atom. The van der Waals surface area contributed by atoms with Gasteiger partial charge in [0.25, 0.3) is 0 Å². The number of allylic oxidation sites excluding steroid dienone is 3. The monoisotopic (exact) mass is 971 g/mol. The van der Waals surface area contributed by atoms with E-state index in [1.165, 1.54) is 55.6 Å². The Kier molecular flexibility index (Phi) is 31.4. The standard InChI is InChI=1S/C20H27NO5.C15H21NO4.C7H7NO3.C6H9ClO.2CH4.3H2/c1-4-5-6-7-19(24)21-16(10-13(2)3)18(23)12-14-8-9-17(22)15(11-14)20(25)26;1-9(2)6-12(16)14(18)8-10-4-5-13(17)11(7-10)15(19)20-3;8-4-1-2-6(9)5(3-4)7(10)11;1-2-3-4-5-6(7)8;;;;;/h5-6,8-9,11,13,16,22H,4,7,10,12H2,1-3H3,(H,21,24)(H,25,26);4-5,7,9,12,17H,6,8,16H2,1-3H3;1-3,9H,8H2,(H,10,11);3-4H,2,5H2,1H3;2*1H4;3*1H/b6-5-;;;4-3-;;;;;/i;;;;;;1+2T;1+1D;1+1. The minimum absolute atomic E-state index is 0. The zero-order valence-electron chi connectivity index (χ0n) is 42.0. The third-order valence-electron chi connectivity index (χ3n) is 8.72. The second kappa shape index (κ2) is 34.8. The van der Waals surface area contributed by atoms with Crippen molar-refractivity contribution in [2.75, 3.05) is 12.8 Å². The van der Waals surface area contributed by atoms with Crippen LogP contribution in [0.5, 0.6) is 17.2 Å². The molecule has 16 nitrogen and oxygen atoms in total. The van der Waals surface area contributed by atoms with Crippen LogP contribution in [-0.4, -0.2) is 85.4 Å². The number of Topliss-reactive ketones (excluding diaryl/α,β-unsaturated/α-hetero) is 2. The highest BCUT2D eigenvalue weighted by Crippen LogP contribution is 2.22. The normalized spacial score (nSPS) is 11.4. The second-order valence-corrected chi connectivity index (χ2v) is 15.8. The van der Waals surface area contributed by atoms with E-state index in [0.717, 1.165) is 12.8 Å². The molecular formula is C50H78ClN3O13. The number of rotatable bonds is 20. The lowest BCUT2D eigenvalue weighted by atomic mass is 9.95. The number of hydrogen-bond acceptors (Lipinski definition) is 13. The van der Waals surface area contributed by atoms with Gasteiger partial charge in [0, 0.05) is 38.7 Å². The Morgan fingerprint density at radius 1 is 0.716 bits per heavy atom. The first-order valence-electron chi connectivity index (χ1n) is 22.8. The van der Waals surface area contributed by atoms with Gasteiger partial charge in [0.05, 0.1) is 19.2 Å². The van der Waals surface area contributed by atoms with Crippen LogP contribution in [0.3, 0.4) is 0 Å². The zero-order valence-corrected chi connectivity index (χ0v) is 38.8. The van der Waals surface area contributed by atoms with E-state index in [1.54, 1.807) is 18.2 Å². The van der Waals surface area contributed by atoms with Gasteiger partial charge in [0.1, 0.15) is 33.9 Å². The highest BCUT2D eigenvalue weighted by molar-refractivity contribution is 6.63. The van der Waals surface area contributed by atoms with Crippen molar-refractivity contribution in [3.63, 3.8) is 0 Å². The predicted molar refractivity (Wildman–Crippen MR) is 269 cm³/mol. The molecule has 0 fully saturated rings. The van der Waals surface area contributed by atoms with Crippen molar-refractivity contribution in [3.05, 3.63) is 107 Å². The molecule has 2 atom stereocenters. The summed E-state index contributed by atoms with van der Waals surface area (Å²) < 4.78 is 24.6. The molecule has 0 radical (unpaired) electrons. The summed E-state index contributed by atoms with van der Waals surface area (Å²) in [5, 5.41) is 48.1. The van der Waals surface area contributed by atoms with Crippen molar-refractivity contribution in [2.24, 2.45) is 17.6 Å². The number of aromatic carboxylic acids is 2. The summed E-state index contributed by atoms with van der Waals surface area (Å²) in [6, 6.07) is 11.2. The first kappa shape index (κ1) is 60.5. The molecule has 0 spiro atoms. The van der Waals surface area contributed by atoms with E-state index in [4.69, 9.17) is 44.3 Å². The van der Waals surface area contributed by atoms with E-state index in [1.807, 2.05) is 53.7 Å². The number of nitrogen functional groups attached to an aromatic ring is 1. The van der Waals surface area contributed by atoms with E-state index in [9.17, 15) is 43.8 Å². The SMILES string of the molecule is C.C.CC/C=C\CC(=O)Cl.CC/C=C\CC(=O)NC(CC(C)C)C(=O)Cc1ccc(O)c(C(=O)O)c1.COC(=O)c1cc(CC(=O)C(N)CC(C)C)ccc1O.Nc1ccc(O)c(C(=O)O)c1.[2HH].[2H][2H].[3H][3H]. The number of nitrogens with two attached hydrogens (primary N) is 2. The number of phenols is 3. The summed E-state index contributed by atoms with van der Waals surface area (Å²) in [5.41, 5.74) is 12.2. The number of anilines is 1. The molecule has 1 amide bonds. The molecule has 67 heavy (non-hydrogen) atoms. The second-order valence-electron chi connectivity index (χ2n) is 15.4. The molecule has 0 bridgehead atoms. The molecule has 10 N–H and O–H groups in total. The number of aromatic hydroxyl groups is 3. The minimum atomic E-state index is -1.26. The van der Waals surface area contributed by atoms with Crippen molar-refractivity contribution in [1.29, 1.82) is 0 Å². The largest absolute Gasteiger partial charge is 0.507 e. The van der Waals surface area contributed by atoms with Crippen LogP contribution >= 0.6 is 11.6 Å². The Balaban J connectivity index is -0.000000209. The van der Waals surface area contributed by atoms with Gasteiger partial charge in [-0.15, -0.1) is 0 Å². The number of carboxylic acids is 2. The van der Waals surface area contributed by atoms with Crippen molar-refractivity contribution >= 4 is 57.9 Å². The van der Waals surface area contributed by atoms with Crippen molar-refractivity contribution in [3.8, 4) is 17.2 Å². The first-order chi connectivity index (χ1) is 32.5. The summed E-state index contributed by atoms with van der Waals surface area (Å²) in [5.74, 6) is -3.79. The highest BCUT2D eigenvalue weighted by atomic mass is 35.5. The Hall–Kier alpha value is -6.52. The summed E-state index contributed by atoms with van der Waals surface area (Å²) >= 11 is 5.02. The average molecular weight is 972 g/mol. The highest BCUT2D eigenvalue weighted by Gasteiger charge is 2.23. The van der Waals surface area contributed by atoms with Crippen LogP contribution < -0.4 is 16.8 Å². The lowest BCUT2D eigenvalue weighted by Gasteiger charge is -2.19. The topological polar surface area (TPSA) is 294 Å². The number of ether oxygens (including phenoxy) is 1. The molecule has 0 saturated heterocycles. The number of esters is 1. The van der Waals surface area contributed by atoms with Gasteiger partial charge >= 0.3 is 17.9 Å². The summed E-state index contributed by atoms with van der Waals surface area (Å²) in [6.07, 6.45) is 11.0. The molecule has 378 valence electrons. The van der Waals surface area contributed by atoms with Crippen LogP contribution in [0.2, 0.25) is 0 Å². The fourth-order valence-corrected chi connectivity index (χ4v) is 5.64. The Bertz CT molecular complexity index is 2140. The number of nitrogens with one attached hydrogen (secondary N) is 1. The number of phenolic OH excluding ortho intramolecular Hbond substituents is 1. The molecule has 3 rings (SSSR count). The van der Waals surface area contributed by atoms with Crippen LogP contribution in [0, 0.1) is 11.8 Å². The lowest BCUT2D eigenvalue weighted by Crippen LogP contribution is -2.42. The minimum Gasteiger partial charge on any atom is -0.507 e. The maximum Gasteiger partial charge on any atom is 0.341 e. The van der Waals surface area contributed by atoms with Gasteiger partial charge in [-0.25, -0.2) is 14.4 Å². The van der Waals surface area contributed by atoms with Crippen LogP contribution in [-0.2, 0) is 36.8 Å². The molecular weight excluding hydrogens is 886 g/mol. The van der Waals surface area contributed by atoms with Gasteiger partial charge in [-0.2, -0.15) is 0 Å². The Morgan fingerprint density at radius 3 is 1.58 bits per heavy atom. The molecule has 0 aromatic heterocycles. The van der Waals surface area contributed by atoms with Gasteiger partial charge in [-0.3, -0.25) is 19.2 Å². The molecule has 0 aliphatic rings. The fourth-order valence-electron chi connectivity index (χ4n) is 5.55. The molecule has 17 heteroatoms. The molecule has 2 unspecified atom stereocenters. The Labute approximate surface area is 407 Å². The smallest absolute Gasteiger partial charge is 0.341 e. The van der Waals surface area contributed by atoms with Gasteiger partial charge in [0.15, 0.2) is 11.6 Å². The molecule has 0 aliphatic carbocycles. The number of benzene rings is 3. The van der Waals surface area contributed by atoms with E-state index in [-0.39, 0.29) is 98.1 Å². The third kappa shape index (κ3) is 27.5. The number of amides is 1. The lowest BCUT2D eigenvalue weighted by molar-refractivity contribution is -0.127. The fraction of sp³-hybridized carbons (Fsp3) is 0.420. The molecule has 3 aromatic rings. The number of carbonyl (C=O) groups excluding carboxylic acids is 5. The number of carbonyl (C=O) groups is 7. The van der Waals surface area contributed by atoms with Gasteiger partial charge in [-0.1, -0.05) is 92.8 Å². The van der Waals surface area contributed by atoms with E-state index >= 15 is 0 Å². The molecule has 0 aliphatic heterocycles. The number of carboxylic acid groups (broad SMARTS) is 2. The number of ketones is 2. The van der Waals surface area contributed by atoms with Crippen molar-refractivity contribution < 1.29 is 71.2 Å². The number of hydrogen-bond donors (Lipinski definition) is 8. The molecule has 0 heterocycles. The van der Waals surface area contributed by atoms with Crippen molar-refractivity contribution in [1.82, 2.24) is 5.32 Å². The average Bonchev–Trinajstić information content (AvgIpc) is 3.29. The predicted octanol–water partition coefficient (Wildman–Crippen LogP) is 9.54. The maximum atomic E-state index is 12.6. The van der Waals surface area contributed by atoms with Crippen LogP contribution in [0.15, 0.2) is 78.9 Å². The zero-order chi connectivity index (χ0) is 53.8. The van der Waals surface area contributed by atoms with Crippen molar-refractivity contribution in [2.45, 2.75) is 120 Å². The molecule has 3 aromatic carbocycles. The van der Waals surface area contributed by atoms with Crippen LogP contribution in [0.4, 0.5) is 5.69 Å². The van der Waals surface area contributed by atoms with Crippen LogP contribution in [0.25, 0.3) is 0 Å². The quantitative estimate of drug-likeness (QED) is 0.0172. The summed E-state index contributed by atoms with van der Waals surface area (Å²) in [7, 11) is 1.23. The molecule has 0 saturated carbocycles. The first-order valence-corrected chi connectivity index (χ1v) is 21.2. The third-order valence-corrected chi connectivity index (χ3v) is 8.88. The van der Waals surface area contributed by atoms with Gasteiger partial charge in [0.2, 0.25) is 11.1 Å². The summed E-state index contributed by atoms with van der Waals surface area (Å²) in [6.45, 7) is 11.9.